The largest absolute Gasteiger partial charge is 0.357 e. The van der Waals surface area contributed by atoms with Crippen molar-refractivity contribution in [3.63, 3.8) is 0 Å². The summed E-state index contributed by atoms with van der Waals surface area (Å²) >= 11 is 0. The zero-order valence-corrected chi connectivity index (χ0v) is 9.90. The van der Waals surface area contributed by atoms with Crippen molar-refractivity contribution in [2.24, 2.45) is 0 Å². The van der Waals surface area contributed by atoms with E-state index in [1.807, 2.05) is 13.0 Å². The molecule has 2 N–H and O–H groups in total. The summed E-state index contributed by atoms with van der Waals surface area (Å²) in [4.78, 5) is 19.4. The quantitative estimate of drug-likeness (QED) is 0.780. The van der Waals surface area contributed by atoms with E-state index in [0.717, 1.165) is 6.42 Å². The Kier molecular flexibility index (Phi) is 4.88. The number of hydrogen-bond acceptors (Lipinski definition) is 5. The van der Waals surface area contributed by atoms with E-state index in [1.165, 1.54) is 12.4 Å². The molecule has 0 saturated carbocycles. The monoisotopic (exact) mass is 233 g/mol. The van der Waals surface area contributed by atoms with Crippen LogP contribution in [0.1, 0.15) is 26.0 Å². The SMILES string of the molecule is CCCNC(=O)C(C)Nc1cnc(C#N)cn1. The molecule has 17 heavy (non-hydrogen) atoms. The van der Waals surface area contributed by atoms with Gasteiger partial charge < -0.3 is 10.6 Å². The van der Waals surface area contributed by atoms with Crippen LogP contribution in [-0.2, 0) is 4.79 Å². The van der Waals surface area contributed by atoms with Crippen molar-refractivity contribution in [3.05, 3.63) is 18.1 Å². The van der Waals surface area contributed by atoms with Gasteiger partial charge in [0.05, 0.1) is 12.4 Å². The number of carbonyl (C=O) groups excluding carboxylic acids is 1. The first-order chi connectivity index (χ1) is 8.17. The summed E-state index contributed by atoms with van der Waals surface area (Å²) in [6.45, 7) is 4.39. The number of carbonyl (C=O) groups is 1. The molecule has 1 rings (SSSR count). The van der Waals surface area contributed by atoms with Crippen molar-refractivity contribution in [3.8, 4) is 6.07 Å². The Morgan fingerprint density at radius 2 is 2.29 bits per heavy atom. The Labute approximate surface area is 100 Å². The van der Waals surface area contributed by atoms with Gasteiger partial charge in [0.2, 0.25) is 5.91 Å². The number of anilines is 1. The molecule has 1 aromatic rings. The Balaban J connectivity index is 2.52. The first-order valence-electron chi connectivity index (χ1n) is 5.43. The molecule has 1 aromatic heterocycles. The van der Waals surface area contributed by atoms with E-state index in [0.29, 0.717) is 12.4 Å². The molecule has 6 heteroatoms. The molecule has 6 nitrogen and oxygen atoms in total. The molecule has 0 bridgehead atoms. The first kappa shape index (κ1) is 12.9. The minimum atomic E-state index is -0.385. The summed E-state index contributed by atoms with van der Waals surface area (Å²) in [7, 11) is 0. The smallest absolute Gasteiger partial charge is 0.242 e. The lowest BCUT2D eigenvalue weighted by atomic mass is 10.3. The second-order valence-electron chi connectivity index (χ2n) is 3.56. The van der Waals surface area contributed by atoms with Crippen molar-refractivity contribution in [2.75, 3.05) is 11.9 Å². The topological polar surface area (TPSA) is 90.7 Å². The maximum Gasteiger partial charge on any atom is 0.242 e. The number of nitrogens with zero attached hydrogens (tertiary/aromatic N) is 3. The second-order valence-corrected chi connectivity index (χ2v) is 3.56. The van der Waals surface area contributed by atoms with Crippen molar-refractivity contribution in [1.29, 1.82) is 5.26 Å². The molecule has 90 valence electrons. The third kappa shape index (κ3) is 4.07. The lowest BCUT2D eigenvalue weighted by Crippen LogP contribution is -2.38. The van der Waals surface area contributed by atoms with E-state index in [2.05, 4.69) is 20.6 Å². The highest BCUT2D eigenvalue weighted by molar-refractivity contribution is 5.83. The van der Waals surface area contributed by atoms with Gasteiger partial charge in [0, 0.05) is 6.54 Å². The van der Waals surface area contributed by atoms with Gasteiger partial charge in [-0.3, -0.25) is 4.79 Å². The third-order valence-electron chi connectivity index (χ3n) is 2.07. The van der Waals surface area contributed by atoms with Gasteiger partial charge in [-0.15, -0.1) is 0 Å². The minimum Gasteiger partial charge on any atom is -0.357 e. The van der Waals surface area contributed by atoms with Crippen LogP contribution in [0, 0.1) is 11.3 Å². The van der Waals surface area contributed by atoms with Gasteiger partial charge in [-0.2, -0.15) is 5.26 Å². The molecule has 0 aliphatic carbocycles. The van der Waals surface area contributed by atoms with Crippen molar-refractivity contribution >= 4 is 11.7 Å². The third-order valence-corrected chi connectivity index (χ3v) is 2.07. The minimum absolute atomic E-state index is 0.0852. The fraction of sp³-hybridized carbons (Fsp3) is 0.455. The standard InChI is InChI=1S/C11H15N5O/c1-3-4-13-11(17)8(2)16-10-7-14-9(5-12)6-15-10/h6-8H,3-4H2,1-2H3,(H,13,17)(H,15,16). The molecule has 0 saturated heterocycles. The summed E-state index contributed by atoms with van der Waals surface area (Å²) in [5.74, 6) is 0.390. The molecule has 1 heterocycles. The first-order valence-corrected chi connectivity index (χ1v) is 5.43. The lowest BCUT2D eigenvalue weighted by Gasteiger charge is -2.13. The number of rotatable bonds is 5. The van der Waals surface area contributed by atoms with Crippen LogP contribution < -0.4 is 10.6 Å². The number of nitriles is 1. The second kappa shape index (κ2) is 6.43. The Hall–Kier alpha value is -2.16. The van der Waals surface area contributed by atoms with E-state index in [1.54, 1.807) is 6.92 Å². The van der Waals surface area contributed by atoms with Crippen LogP contribution in [-0.4, -0.2) is 28.5 Å². The number of aromatic nitrogens is 2. The van der Waals surface area contributed by atoms with Gasteiger partial charge in [-0.25, -0.2) is 9.97 Å². The molecule has 0 radical (unpaired) electrons. The van der Waals surface area contributed by atoms with Crippen molar-refractivity contribution in [1.82, 2.24) is 15.3 Å². The fourth-order valence-electron chi connectivity index (χ4n) is 1.15. The van der Waals surface area contributed by atoms with E-state index in [4.69, 9.17) is 5.26 Å². The Morgan fingerprint density at radius 3 is 2.82 bits per heavy atom. The highest BCUT2D eigenvalue weighted by Gasteiger charge is 2.12. The fourth-order valence-corrected chi connectivity index (χ4v) is 1.15. The molecule has 0 aliphatic rings. The van der Waals surface area contributed by atoms with E-state index < -0.39 is 0 Å². The summed E-state index contributed by atoms with van der Waals surface area (Å²) < 4.78 is 0. The van der Waals surface area contributed by atoms with E-state index in [9.17, 15) is 4.79 Å². The van der Waals surface area contributed by atoms with Crippen molar-refractivity contribution < 1.29 is 4.79 Å². The number of nitrogens with one attached hydrogen (secondary N) is 2. The van der Waals surface area contributed by atoms with Gasteiger partial charge in [-0.1, -0.05) is 6.92 Å². The highest BCUT2D eigenvalue weighted by Crippen LogP contribution is 2.02. The predicted octanol–water partition coefficient (Wildman–Crippen LogP) is 0.675. The van der Waals surface area contributed by atoms with Gasteiger partial charge in [-0.05, 0) is 13.3 Å². The molecule has 0 spiro atoms. The predicted molar refractivity (Wildman–Crippen MR) is 63.1 cm³/mol. The van der Waals surface area contributed by atoms with Crippen molar-refractivity contribution in [2.45, 2.75) is 26.3 Å². The summed E-state index contributed by atoms with van der Waals surface area (Å²) in [5, 5.41) is 14.2. The average Bonchev–Trinajstić information content (AvgIpc) is 2.36. The highest BCUT2D eigenvalue weighted by atomic mass is 16.2. The number of amides is 1. The summed E-state index contributed by atoms with van der Waals surface area (Å²) in [6.07, 6.45) is 3.69. The zero-order chi connectivity index (χ0) is 12.7. The van der Waals surface area contributed by atoms with E-state index >= 15 is 0 Å². The molecule has 0 fully saturated rings. The normalized spacial score (nSPS) is 11.4. The van der Waals surface area contributed by atoms with Gasteiger partial charge in [0.15, 0.2) is 5.69 Å². The molecule has 1 amide bonds. The van der Waals surface area contributed by atoms with Gasteiger partial charge in [0.25, 0.3) is 0 Å². The maximum atomic E-state index is 11.6. The molecular formula is C11H15N5O. The number of hydrogen-bond donors (Lipinski definition) is 2. The zero-order valence-electron chi connectivity index (χ0n) is 9.90. The molecule has 1 atom stereocenters. The van der Waals surface area contributed by atoms with Crippen LogP contribution in [0.15, 0.2) is 12.4 Å². The molecule has 0 aromatic carbocycles. The summed E-state index contributed by atoms with van der Waals surface area (Å²) in [6, 6.07) is 1.49. The van der Waals surface area contributed by atoms with Crippen LogP contribution in [0.4, 0.5) is 5.82 Å². The van der Waals surface area contributed by atoms with Crippen LogP contribution >= 0.6 is 0 Å². The maximum absolute atomic E-state index is 11.6. The Bertz CT molecular complexity index is 409. The van der Waals surface area contributed by atoms with Crippen LogP contribution in [0.5, 0.6) is 0 Å². The lowest BCUT2D eigenvalue weighted by molar-refractivity contribution is -0.121. The van der Waals surface area contributed by atoms with Crippen LogP contribution in [0.25, 0.3) is 0 Å². The average molecular weight is 233 g/mol. The van der Waals surface area contributed by atoms with E-state index in [-0.39, 0.29) is 17.6 Å². The van der Waals surface area contributed by atoms with Crippen LogP contribution in [0.3, 0.4) is 0 Å². The Morgan fingerprint density at radius 1 is 1.53 bits per heavy atom. The van der Waals surface area contributed by atoms with Crippen LogP contribution in [0.2, 0.25) is 0 Å². The van der Waals surface area contributed by atoms with Gasteiger partial charge in [0.1, 0.15) is 17.9 Å². The molecule has 1 unspecified atom stereocenters. The molecular weight excluding hydrogens is 218 g/mol. The molecule has 0 aliphatic heterocycles. The summed E-state index contributed by atoms with van der Waals surface area (Å²) in [5.41, 5.74) is 0.249. The van der Waals surface area contributed by atoms with Gasteiger partial charge >= 0.3 is 0 Å².